The first-order valence-corrected chi connectivity index (χ1v) is 7.36. The minimum Gasteiger partial charge on any atom is -0.496 e. The van der Waals surface area contributed by atoms with Crippen molar-refractivity contribution in [2.75, 3.05) is 7.11 Å². The summed E-state index contributed by atoms with van der Waals surface area (Å²) < 4.78 is 6.61. The van der Waals surface area contributed by atoms with Gasteiger partial charge in [0.15, 0.2) is 0 Å². The van der Waals surface area contributed by atoms with Crippen molar-refractivity contribution < 1.29 is 4.74 Å². The van der Waals surface area contributed by atoms with Crippen molar-refractivity contribution in [2.45, 2.75) is 19.9 Å². The van der Waals surface area contributed by atoms with Gasteiger partial charge >= 0.3 is 0 Å². The highest BCUT2D eigenvalue weighted by Crippen LogP contribution is 2.38. The maximum atomic E-state index is 6.39. The number of nitrogens with two attached hydrogens (primary N) is 1. The summed E-state index contributed by atoms with van der Waals surface area (Å²) in [5.74, 6) is 0.886. The Bertz CT molecular complexity index is 551. The first-order valence-electron chi connectivity index (χ1n) is 5.68. The number of rotatable bonds is 3. The Morgan fingerprint density at radius 2 is 2.11 bits per heavy atom. The number of benzene rings is 1. The highest BCUT2D eigenvalue weighted by atomic mass is 79.9. The normalized spacial score (nSPS) is 12.5. The van der Waals surface area contributed by atoms with Crippen LogP contribution in [-0.4, -0.2) is 7.11 Å². The molecule has 1 atom stereocenters. The Hall–Kier alpha value is -0.840. The SMILES string of the molecule is COc1c(C)cc(Br)c(C)c1C(N)c1cccs1. The second kappa shape index (κ2) is 5.43. The fourth-order valence-electron chi connectivity index (χ4n) is 2.13. The number of aryl methyl sites for hydroxylation is 1. The number of hydrogen-bond donors (Lipinski definition) is 1. The molecule has 0 fully saturated rings. The molecule has 0 bridgehead atoms. The van der Waals surface area contributed by atoms with E-state index < -0.39 is 0 Å². The first-order chi connectivity index (χ1) is 8.56. The Labute approximate surface area is 120 Å². The zero-order chi connectivity index (χ0) is 13.3. The molecular formula is C14H16BrNOS. The summed E-state index contributed by atoms with van der Waals surface area (Å²) in [6, 6.07) is 6.01. The molecule has 0 amide bonds. The maximum absolute atomic E-state index is 6.39. The van der Waals surface area contributed by atoms with Crippen LogP contribution in [0.3, 0.4) is 0 Å². The van der Waals surface area contributed by atoms with Gasteiger partial charge in [-0.15, -0.1) is 11.3 Å². The number of ether oxygens (including phenoxy) is 1. The van der Waals surface area contributed by atoms with E-state index in [4.69, 9.17) is 10.5 Å². The molecular weight excluding hydrogens is 310 g/mol. The van der Waals surface area contributed by atoms with Gasteiger partial charge in [-0.05, 0) is 42.5 Å². The zero-order valence-corrected chi connectivity index (χ0v) is 13.1. The maximum Gasteiger partial charge on any atom is 0.127 e. The van der Waals surface area contributed by atoms with Gasteiger partial charge in [0, 0.05) is 14.9 Å². The quantitative estimate of drug-likeness (QED) is 0.918. The highest BCUT2D eigenvalue weighted by molar-refractivity contribution is 9.10. The molecule has 18 heavy (non-hydrogen) atoms. The average Bonchev–Trinajstić information content (AvgIpc) is 2.86. The first kappa shape index (κ1) is 13.6. The predicted molar refractivity (Wildman–Crippen MR) is 80.5 cm³/mol. The smallest absolute Gasteiger partial charge is 0.127 e. The van der Waals surface area contributed by atoms with E-state index in [0.29, 0.717) is 0 Å². The molecule has 1 aromatic heterocycles. The minimum absolute atomic E-state index is 0.142. The van der Waals surface area contributed by atoms with E-state index in [1.165, 1.54) is 0 Å². The summed E-state index contributed by atoms with van der Waals surface area (Å²) >= 11 is 5.25. The third kappa shape index (κ3) is 2.32. The summed E-state index contributed by atoms with van der Waals surface area (Å²) in [5, 5.41) is 2.04. The molecule has 0 radical (unpaired) electrons. The molecule has 0 aliphatic carbocycles. The van der Waals surface area contributed by atoms with E-state index in [0.717, 1.165) is 31.8 Å². The van der Waals surface area contributed by atoms with Gasteiger partial charge in [0.25, 0.3) is 0 Å². The molecule has 0 saturated carbocycles. The third-order valence-corrected chi connectivity index (χ3v) is 4.85. The van der Waals surface area contributed by atoms with Crippen LogP contribution in [0.2, 0.25) is 0 Å². The fourth-order valence-corrected chi connectivity index (χ4v) is 3.42. The van der Waals surface area contributed by atoms with Crippen LogP contribution in [0.25, 0.3) is 0 Å². The van der Waals surface area contributed by atoms with E-state index >= 15 is 0 Å². The molecule has 2 rings (SSSR count). The molecule has 2 N–H and O–H groups in total. The zero-order valence-electron chi connectivity index (χ0n) is 10.7. The van der Waals surface area contributed by atoms with Crippen molar-refractivity contribution in [3.63, 3.8) is 0 Å². The lowest BCUT2D eigenvalue weighted by molar-refractivity contribution is 0.404. The van der Waals surface area contributed by atoms with Crippen LogP contribution in [0, 0.1) is 13.8 Å². The second-order valence-electron chi connectivity index (χ2n) is 4.24. The van der Waals surface area contributed by atoms with Gasteiger partial charge in [0.1, 0.15) is 5.75 Å². The Morgan fingerprint density at radius 1 is 1.39 bits per heavy atom. The van der Waals surface area contributed by atoms with Crippen LogP contribution < -0.4 is 10.5 Å². The van der Waals surface area contributed by atoms with Gasteiger partial charge in [-0.3, -0.25) is 0 Å². The lowest BCUT2D eigenvalue weighted by atomic mass is 9.97. The predicted octanol–water partition coefficient (Wildman–Crippen LogP) is 4.18. The molecule has 4 heteroatoms. The van der Waals surface area contributed by atoms with E-state index in [1.807, 2.05) is 18.4 Å². The van der Waals surface area contributed by atoms with Gasteiger partial charge in [0.05, 0.1) is 13.2 Å². The largest absolute Gasteiger partial charge is 0.496 e. The van der Waals surface area contributed by atoms with Crippen molar-refractivity contribution in [1.29, 1.82) is 0 Å². The molecule has 1 heterocycles. The van der Waals surface area contributed by atoms with Crippen molar-refractivity contribution >= 4 is 27.3 Å². The monoisotopic (exact) mass is 325 g/mol. The van der Waals surface area contributed by atoms with Gasteiger partial charge in [0.2, 0.25) is 0 Å². The third-order valence-electron chi connectivity index (χ3n) is 3.07. The van der Waals surface area contributed by atoms with Crippen molar-refractivity contribution in [3.05, 3.63) is 49.6 Å². The van der Waals surface area contributed by atoms with Crippen LogP contribution >= 0.6 is 27.3 Å². The summed E-state index contributed by atoms with van der Waals surface area (Å²) in [6.07, 6.45) is 0. The molecule has 2 aromatic rings. The van der Waals surface area contributed by atoms with E-state index in [-0.39, 0.29) is 6.04 Å². The Kier molecular flexibility index (Phi) is 4.10. The van der Waals surface area contributed by atoms with Crippen LogP contribution in [0.1, 0.15) is 27.6 Å². The van der Waals surface area contributed by atoms with Gasteiger partial charge < -0.3 is 10.5 Å². The molecule has 2 nitrogen and oxygen atoms in total. The molecule has 1 unspecified atom stereocenters. The van der Waals surface area contributed by atoms with Crippen molar-refractivity contribution in [2.24, 2.45) is 5.73 Å². The van der Waals surface area contributed by atoms with Crippen molar-refractivity contribution in [1.82, 2.24) is 0 Å². The Balaban J connectivity index is 2.62. The molecule has 0 saturated heterocycles. The Morgan fingerprint density at radius 3 is 2.67 bits per heavy atom. The fraction of sp³-hybridized carbons (Fsp3) is 0.286. The number of thiophene rings is 1. The second-order valence-corrected chi connectivity index (χ2v) is 6.07. The number of methoxy groups -OCH3 is 1. The topological polar surface area (TPSA) is 35.2 Å². The lowest BCUT2D eigenvalue weighted by Gasteiger charge is -2.20. The molecule has 0 spiro atoms. The molecule has 1 aromatic carbocycles. The molecule has 96 valence electrons. The van der Waals surface area contributed by atoms with Gasteiger partial charge in [-0.25, -0.2) is 0 Å². The minimum atomic E-state index is -0.142. The van der Waals surface area contributed by atoms with Gasteiger partial charge in [-0.2, -0.15) is 0 Å². The summed E-state index contributed by atoms with van der Waals surface area (Å²) in [5.41, 5.74) is 9.68. The molecule has 0 aliphatic heterocycles. The van der Waals surface area contributed by atoms with Crippen LogP contribution in [-0.2, 0) is 0 Å². The molecule has 0 aliphatic rings. The van der Waals surface area contributed by atoms with Crippen molar-refractivity contribution in [3.8, 4) is 5.75 Å². The number of halogens is 1. The van der Waals surface area contributed by atoms with E-state index in [2.05, 4.69) is 35.0 Å². The summed E-state index contributed by atoms with van der Waals surface area (Å²) in [4.78, 5) is 1.15. The van der Waals surface area contributed by atoms with Crippen LogP contribution in [0.5, 0.6) is 5.75 Å². The van der Waals surface area contributed by atoms with Crippen LogP contribution in [0.15, 0.2) is 28.1 Å². The van der Waals surface area contributed by atoms with Gasteiger partial charge in [-0.1, -0.05) is 22.0 Å². The average molecular weight is 326 g/mol. The van der Waals surface area contributed by atoms with E-state index in [1.54, 1.807) is 18.4 Å². The lowest BCUT2D eigenvalue weighted by Crippen LogP contribution is -2.14. The highest BCUT2D eigenvalue weighted by Gasteiger charge is 2.20. The number of hydrogen-bond acceptors (Lipinski definition) is 3. The summed E-state index contributed by atoms with van der Waals surface area (Å²) in [7, 11) is 1.69. The van der Waals surface area contributed by atoms with Crippen LogP contribution in [0.4, 0.5) is 0 Å². The standard InChI is InChI=1S/C14H16BrNOS/c1-8-7-10(15)9(2)12(14(8)17-3)13(16)11-5-4-6-18-11/h4-7,13H,16H2,1-3H3. The van der Waals surface area contributed by atoms with E-state index in [9.17, 15) is 0 Å². The summed E-state index contributed by atoms with van der Waals surface area (Å²) in [6.45, 7) is 4.10.